The molecular formula is C26H43NO5. The van der Waals surface area contributed by atoms with Crippen molar-refractivity contribution in [1.29, 1.82) is 0 Å². The van der Waals surface area contributed by atoms with Crippen LogP contribution in [-0.2, 0) is 9.53 Å². The molecule has 4 saturated carbocycles. The van der Waals surface area contributed by atoms with Crippen molar-refractivity contribution >= 4 is 12.1 Å². The number of aliphatic carboxylic acids is 1. The Morgan fingerprint density at radius 3 is 2.38 bits per heavy atom. The van der Waals surface area contributed by atoms with Crippen LogP contribution in [0.15, 0.2) is 0 Å². The van der Waals surface area contributed by atoms with Gasteiger partial charge in [0.15, 0.2) is 0 Å². The molecule has 0 aromatic heterocycles. The lowest BCUT2D eigenvalue weighted by Gasteiger charge is -2.62. The number of amides is 1. The highest BCUT2D eigenvalue weighted by atomic mass is 16.6. The number of rotatable bonds is 6. The molecule has 0 spiro atoms. The monoisotopic (exact) mass is 449 g/mol. The van der Waals surface area contributed by atoms with Gasteiger partial charge in [-0.25, -0.2) is 4.79 Å². The number of aliphatic hydroxyl groups excluding tert-OH is 1. The molecule has 1 amide bonds. The number of hydrogen-bond acceptors (Lipinski definition) is 4. The van der Waals surface area contributed by atoms with E-state index >= 15 is 0 Å². The van der Waals surface area contributed by atoms with Crippen LogP contribution in [0.4, 0.5) is 4.79 Å². The van der Waals surface area contributed by atoms with Gasteiger partial charge in [0.25, 0.3) is 0 Å². The summed E-state index contributed by atoms with van der Waals surface area (Å²) in [6, 6.07) is 0. The van der Waals surface area contributed by atoms with E-state index in [-0.39, 0.29) is 29.3 Å². The van der Waals surface area contributed by atoms with Crippen molar-refractivity contribution in [2.45, 2.75) is 97.0 Å². The lowest BCUT2D eigenvalue weighted by atomic mass is 9.43. The zero-order valence-electron chi connectivity index (χ0n) is 20.1. The van der Waals surface area contributed by atoms with Gasteiger partial charge in [-0.1, -0.05) is 27.2 Å². The molecule has 0 bridgehead atoms. The maximum Gasteiger partial charge on any atom is 0.405 e. The molecule has 0 aromatic carbocycles. The number of carbonyl (C=O) groups is 2. The van der Waals surface area contributed by atoms with Crippen LogP contribution in [0.1, 0.15) is 91.4 Å². The molecular weight excluding hydrogens is 406 g/mol. The Labute approximate surface area is 192 Å². The van der Waals surface area contributed by atoms with Crippen LogP contribution in [0.3, 0.4) is 0 Å². The van der Waals surface area contributed by atoms with E-state index in [0.29, 0.717) is 23.7 Å². The van der Waals surface area contributed by atoms with E-state index in [1.807, 2.05) is 0 Å². The minimum Gasteiger partial charge on any atom is -0.481 e. The minimum atomic E-state index is -0.726. The molecule has 4 rings (SSSR count). The smallest absolute Gasteiger partial charge is 0.405 e. The second-order valence-electron chi connectivity index (χ2n) is 12.0. The van der Waals surface area contributed by atoms with Crippen LogP contribution in [0.2, 0.25) is 0 Å². The van der Waals surface area contributed by atoms with Crippen molar-refractivity contribution in [1.82, 2.24) is 0 Å². The lowest BCUT2D eigenvalue weighted by molar-refractivity contribution is -0.173. The molecule has 182 valence electrons. The molecule has 32 heavy (non-hydrogen) atoms. The summed E-state index contributed by atoms with van der Waals surface area (Å²) in [6.07, 6.45) is 9.80. The van der Waals surface area contributed by atoms with E-state index < -0.39 is 17.7 Å². The summed E-state index contributed by atoms with van der Waals surface area (Å²) in [7, 11) is 0. The number of nitrogens with two attached hydrogens (primary N) is 1. The van der Waals surface area contributed by atoms with Gasteiger partial charge in [-0.3, -0.25) is 4.79 Å². The fraction of sp³-hybridized carbons (Fsp3) is 0.923. The predicted molar refractivity (Wildman–Crippen MR) is 122 cm³/mol. The molecule has 0 radical (unpaired) electrons. The zero-order valence-corrected chi connectivity index (χ0v) is 20.1. The predicted octanol–water partition coefficient (Wildman–Crippen LogP) is 4.97. The molecule has 0 aliphatic heterocycles. The van der Waals surface area contributed by atoms with Crippen molar-refractivity contribution in [2.75, 3.05) is 6.61 Å². The Morgan fingerprint density at radius 2 is 1.75 bits per heavy atom. The van der Waals surface area contributed by atoms with Crippen molar-refractivity contribution < 1.29 is 24.5 Å². The Balaban J connectivity index is 1.58. The van der Waals surface area contributed by atoms with Crippen LogP contribution in [0, 0.1) is 46.3 Å². The van der Waals surface area contributed by atoms with Gasteiger partial charge in [-0.15, -0.1) is 0 Å². The molecule has 4 unspecified atom stereocenters. The van der Waals surface area contributed by atoms with E-state index in [4.69, 9.17) is 10.5 Å². The molecule has 4 N–H and O–H groups in total. The van der Waals surface area contributed by atoms with Gasteiger partial charge >= 0.3 is 12.1 Å². The van der Waals surface area contributed by atoms with Crippen LogP contribution in [0.5, 0.6) is 0 Å². The average molecular weight is 450 g/mol. The summed E-state index contributed by atoms with van der Waals surface area (Å²) >= 11 is 0. The molecule has 6 nitrogen and oxygen atoms in total. The van der Waals surface area contributed by atoms with Crippen LogP contribution < -0.4 is 5.73 Å². The number of carboxylic acids is 1. The fourth-order valence-corrected chi connectivity index (χ4v) is 9.28. The molecule has 4 aliphatic carbocycles. The molecule has 6 heteroatoms. The van der Waals surface area contributed by atoms with Gasteiger partial charge in [0.2, 0.25) is 0 Å². The largest absolute Gasteiger partial charge is 0.481 e. The maximum absolute atomic E-state index is 11.9. The first-order chi connectivity index (χ1) is 15.1. The third-order valence-corrected chi connectivity index (χ3v) is 10.9. The summed E-state index contributed by atoms with van der Waals surface area (Å²) in [4.78, 5) is 23.8. The van der Waals surface area contributed by atoms with E-state index in [0.717, 1.165) is 70.6 Å². The zero-order chi connectivity index (χ0) is 23.3. The standard InChI is InChI=1S/C26H43NO5/c1-4-5-17(15-28)26(32-23(27)31)13-12-24(2)16(14-26)6-7-18-19-8-9-21(22(29)30)25(19,3)11-10-20(18)24/h16-21,28H,4-15H2,1-3H3,(H2,27,31)(H,29,30)/t16?,17?,18-,19-,20-,21?,24-,25-,26?/m0/s1. The first-order valence-electron chi connectivity index (χ1n) is 12.9. The van der Waals surface area contributed by atoms with Crippen molar-refractivity contribution in [2.24, 2.45) is 52.1 Å². The topological polar surface area (TPSA) is 110 Å². The summed E-state index contributed by atoms with van der Waals surface area (Å²) < 4.78 is 5.85. The number of aliphatic hydroxyl groups is 1. The first-order valence-corrected chi connectivity index (χ1v) is 12.9. The third kappa shape index (κ3) is 3.56. The second-order valence-corrected chi connectivity index (χ2v) is 12.0. The Bertz CT molecular complexity index is 742. The van der Waals surface area contributed by atoms with Crippen LogP contribution >= 0.6 is 0 Å². The van der Waals surface area contributed by atoms with E-state index in [2.05, 4.69) is 20.8 Å². The lowest BCUT2D eigenvalue weighted by Crippen LogP contribution is -2.59. The summed E-state index contributed by atoms with van der Waals surface area (Å²) in [5.74, 6) is 1.31. The number of fused-ring (bicyclic) bond motifs is 5. The van der Waals surface area contributed by atoms with Gasteiger partial charge in [0.05, 0.1) is 5.92 Å². The normalized spacial score (nSPS) is 46.4. The van der Waals surface area contributed by atoms with E-state index in [9.17, 15) is 19.8 Å². The maximum atomic E-state index is 11.9. The summed E-state index contributed by atoms with van der Waals surface area (Å²) in [6.45, 7) is 6.82. The highest BCUT2D eigenvalue weighted by Gasteiger charge is 2.63. The number of carbonyl (C=O) groups excluding carboxylic acids is 1. The highest BCUT2D eigenvalue weighted by molar-refractivity contribution is 5.71. The molecule has 0 aromatic rings. The van der Waals surface area contributed by atoms with Gasteiger partial charge in [-0.05, 0) is 98.7 Å². The molecule has 4 aliphatic rings. The first kappa shape index (κ1) is 23.8. The van der Waals surface area contributed by atoms with Crippen molar-refractivity contribution in [3.05, 3.63) is 0 Å². The quantitative estimate of drug-likeness (QED) is 0.530. The van der Waals surface area contributed by atoms with Gasteiger partial charge < -0.3 is 20.7 Å². The number of carboxylic acid groups (broad SMARTS) is 1. The second kappa shape index (κ2) is 8.48. The Morgan fingerprint density at radius 1 is 1.03 bits per heavy atom. The summed E-state index contributed by atoms with van der Waals surface area (Å²) in [5.41, 5.74) is 4.99. The number of hydrogen-bond donors (Lipinski definition) is 3. The molecule has 0 heterocycles. The SMILES string of the molecule is CCCC(CO)C1(OC(N)=O)CC[C@@]2(C)C(CC[C@@H]3[C@@H]2CC[C@]2(C)C(C(=O)O)CC[C@@H]32)C1. The molecule has 0 saturated heterocycles. The number of ether oxygens (including phenoxy) is 1. The highest BCUT2D eigenvalue weighted by Crippen LogP contribution is 2.68. The van der Waals surface area contributed by atoms with Gasteiger partial charge in [-0.2, -0.15) is 0 Å². The third-order valence-electron chi connectivity index (χ3n) is 10.9. The Kier molecular flexibility index (Phi) is 6.32. The number of primary amides is 1. The fourth-order valence-electron chi connectivity index (χ4n) is 9.28. The van der Waals surface area contributed by atoms with Crippen molar-refractivity contribution in [3.63, 3.8) is 0 Å². The van der Waals surface area contributed by atoms with Crippen molar-refractivity contribution in [3.8, 4) is 0 Å². The van der Waals surface area contributed by atoms with Crippen LogP contribution in [0.25, 0.3) is 0 Å². The molecule has 9 atom stereocenters. The van der Waals surface area contributed by atoms with Crippen LogP contribution in [-0.4, -0.2) is 34.5 Å². The molecule has 4 fully saturated rings. The average Bonchev–Trinajstić information content (AvgIpc) is 3.09. The van der Waals surface area contributed by atoms with E-state index in [1.165, 1.54) is 0 Å². The minimum absolute atomic E-state index is 0.0214. The Hall–Kier alpha value is -1.30. The summed E-state index contributed by atoms with van der Waals surface area (Å²) in [5, 5.41) is 20.0. The van der Waals surface area contributed by atoms with E-state index in [1.54, 1.807) is 0 Å². The van der Waals surface area contributed by atoms with Gasteiger partial charge in [0.1, 0.15) is 5.60 Å². The van der Waals surface area contributed by atoms with Gasteiger partial charge in [0, 0.05) is 12.5 Å².